The van der Waals surface area contributed by atoms with Crippen molar-refractivity contribution < 1.29 is 13.9 Å². The smallest absolute Gasteiger partial charge is 0.275 e. The molecule has 128 valence electrons. The normalized spacial score (nSPS) is 17.8. The SMILES string of the molecule is CNc1cc(CC[C@@H]2CN(C(=O)c3coc(C)n3)CCO2)ccn1. The number of hydrogen-bond donors (Lipinski definition) is 1. The maximum atomic E-state index is 12.4. The fraction of sp³-hybridized carbons (Fsp3) is 0.471. The van der Waals surface area contributed by atoms with E-state index in [0.717, 1.165) is 18.7 Å². The van der Waals surface area contributed by atoms with Crippen LogP contribution in [0.1, 0.15) is 28.4 Å². The molecule has 0 saturated carbocycles. The number of nitrogens with zero attached hydrogens (tertiary/aromatic N) is 3. The van der Waals surface area contributed by atoms with Crippen LogP contribution >= 0.6 is 0 Å². The van der Waals surface area contributed by atoms with Gasteiger partial charge in [-0.25, -0.2) is 9.97 Å². The van der Waals surface area contributed by atoms with Crippen LogP contribution in [0, 0.1) is 6.92 Å². The molecule has 1 saturated heterocycles. The topological polar surface area (TPSA) is 80.5 Å². The van der Waals surface area contributed by atoms with E-state index in [0.29, 0.717) is 31.3 Å². The molecule has 3 rings (SSSR count). The molecule has 1 N–H and O–H groups in total. The first-order chi connectivity index (χ1) is 11.7. The quantitative estimate of drug-likeness (QED) is 0.902. The zero-order valence-electron chi connectivity index (χ0n) is 14.0. The molecule has 1 atom stereocenters. The summed E-state index contributed by atoms with van der Waals surface area (Å²) < 4.78 is 10.9. The van der Waals surface area contributed by atoms with Crippen molar-refractivity contribution in [2.45, 2.75) is 25.9 Å². The number of aromatic nitrogens is 2. The van der Waals surface area contributed by atoms with Crippen LogP contribution < -0.4 is 5.32 Å². The number of carbonyl (C=O) groups is 1. The third-order valence-corrected chi connectivity index (χ3v) is 4.10. The second-order valence-electron chi connectivity index (χ2n) is 5.83. The molecule has 7 heteroatoms. The molecule has 0 aromatic carbocycles. The summed E-state index contributed by atoms with van der Waals surface area (Å²) in [5, 5.41) is 3.04. The van der Waals surface area contributed by atoms with Crippen LogP contribution in [0.4, 0.5) is 5.82 Å². The van der Waals surface area contributed by atoms with Gasteiger partial charge in [0.25, 0.3) is 5.91 Å². The monoisotopic (exact) mass is 330 g/mol. The summed E-state index contributed by atoms with van der Waals surface area (Å²) in [5.74, 6) is 1.26. The molecule has 7 nitrogen and oxygen atoms in total. The van der Waals surface area contributed by atoms with Crippen molar-refractivity contribution in [1.82, 2.24) is 14.9 Å². The number of anilines is 1. The summed E-state index contributed by atoms with van der Waals surface area (Å²) >= 11 is 0. The third kappa shape index (κ3) is 3.91. The van der Waals surface area contributed by atoms with Crippen LogP contribution in [0.3, 0.4) is 0 Å². The Bertz CT molecular complexity index is 701. The highest BCUT2D eigenvalue weighted by Gasteiger charge is 2.26. The standard InChI is InChI=1S/C17H22N4O3/c1-12-20-15(11-24-12)17(22)21-7-8-23-14(10-21)4-3-13-5-6-19-16(9-13)18-2/h5-6,9,11,14H,3-4,7-8,10H2,1-2H3,(H,18,19)/t14-/m1/s1. The van der Waals surface area contributed by atoms with Gasteiger partial charge in [0.05, 0.1) is 12.7 Å². The Kier molecular flexibility index (Phi) is 5.10. The van der Waals surface area contributed by atoms with Gasteiger partial charge in [0.2, 0.25) is 0 Å². The molecule has 2 aromatic rings. The second-order valence-corrected chi connectivity index (χ2v) is 5.83. The number of nitrogens with one attached hydrogen (secondary N) is 1. The van der Waals surface area contributed by atoms with Gasteiger partial charge in [-0.3, -0.25) is 4.79 Å². The summed E-state index contributed by atoms with van der Waals surface area (Å²) in [5.41, 5.74) is 1.56. The van der Waals surface area contributed by atoms with Crippen LogP contribution in [0.25, 0.3) is 0 Å². The van der Waals surface area contributed by atoms with Gasteiger partial charge in [0.15, 0.2) is 11.6 Å². The summed E-state index contributed by atoms with van der Waals surface area (Å²) in [6.45, 7) is 3.44. The van der Waals surface area contributed by atoms with E-state index in [9.17, 15) is 4.79 Å². The molecule has 0 spiro atoms. The molecule has 3 heterocycles. The van der Waals surface area contributed by atoms with Gasteiger partial charge in [-0.2, -0.15) is 0 Å². The minimum atomic E-state index is -0.0958. The number of hydrogen-bond acceptors (Lipinski definition) is 6. The van der Waals surface area contributed by atoms with E-state index in [-0.39, 0.29) is 12.0 Å². The lowest BCUT2D eigenvalue weighted by atomic mass is 10.1. The highest BCUT2D eigenvalue weighted by Crippen LogP contribution is 2.16. The van der Waals surface area contributed by atoms with Crippen molar-refractivity contribution in [3.8, 4) is 0 Å². The molecular formula is C17H22N4O3. The minimum Gasteiger partial charge on any atom is -0.448 e. The first kappa shape index (κ1) is 16.4. The predicted octanol–water partition coefficient (Wildman–Crippen LogP) is 1.89. The van der Waals surface area contributed by atoms with Crippen molar-refractivity contribution in [2.24, 2.45) is 0 Å². The third-order valence-electron chi connectivity index (χ3n) is 4.10. The van der Waals surface area contributed by atoms with Crippen molar-refractivity contribution in [2.75, 3.05) is 32.1 Å². The van der Waals surface area contributed by atoms with Gasteiger partial charge in [0.1, 0.15) is 12.1 Å². The van der Waals surface area contributed by atoms with E-state index in [1.807, 2.05) is 19.2 Å². The van der Waals surface area contributed by atoms with Gasteiger partial charge in [-0.15, -0.1) is 0 Å². The summed E-state index contributed by atoms with van der Waals surface area (Å²) in [7, 11) is 1.85. The zero-order valence-corrected chi connectivity index (χ0v) is 14.0. The number of morpholine rings is 1. The van der Waals surface area contributed by atoms with E-state index < -0.39 is 0 Å². The summed E-state index contributed by atoms with van der Waals surface area (Å²) in [6.07, 6.45) is 4.98. The Morgan fingerprint density at radius 1 is 1.50 bits per heavy atom. The van der Waals surface area contributed by atoms with Gasteiger partial charge in [-0.1, -0.05) is 0 Å². The Morgan fingerprint density at radius 2 is 2.38 bits per heavy atom. The molecule has 1 fully saturated rings. The van der Waals surface area contributed by atoms with Crippen LogP contribution in [-0.4, -0.2) is 53.6 Å². The number of pyridine rings is 1. The summed E-state index contributed by atoms with van der Waals surface area (Å²) in [6, 6.07) is 4.04. The average molecular weight is 330 g/mol. The minimum absolute atomic E-state index is 0.0295. The fourth-order valence-electron chi connectivity index (χ4n) is 2.80. The van der Waals surface area contributed by atoms with Gasteiger partial charge >= 0.3 is 0 Å². The van der Waals surface area contributed by atoms with Crippen molar-refractivity contribution >= 4 is 11.7 Å². The Balaban J connectivity index is 1.56. The van der Waals surface area contributed by atoms with E-state index >= 15 is 0 Å². The van der Waals surface area contributed by atoms with Crippen LogP contribution in [0.2, 0.25) is 0 Å². The fourth-order valence-corrected chi connectivity index (χ4v) is 2.80. The van der Waals surface area contributed by atoms with E-state index in [1.54, 1.807) is 18.0 Å². The van der Waals surface area contributed by atoms with E-state index in [1.165, 1.54) is 11.8 Å². The van der Waals surface area contributed by atoms with Crippen LogP contribution in [0.15, 0.2) is 29.0 Å². The maximum Gasteiger partial charge on any atom is 0.275 e. The highest BCUT2D eigenvalue weighted by molar-refractivity contribution is 5.92. The van der Waals surface area contributed by atoms with E-state index in [2.05, 4.69) is 15.3 Å². The first-order valence-electron chi connectivity index (χ1n) is 8.11. The van der Waals surface area contributed by atoms with Gasteiger partial charge in [-0.05, 0) is 30.5 Å². The lowest BCUT2D eigenvalue weighted by Gasteiger charge is -2.32. The molecule has 24 heavy (non-hydrogen) atoms. The predicted molar refractivity (Wildman–Crippen MR) is 89.0 cm³/mol. The van der Waals surface area contributed by atoms with Gasteiger partial charge in [0, 0.05) is 33.3 Å². The molecule has 2 aromatic heterocycles. The first-order valence-corrected chi connectivity index (χ1v) is 8.11. The molecule has 1 amide bonds. The number of aryl methyl sites for hydroxylation is 2. The molecule has 0 unspecified atom stereocenters. The summed E-state index contributed by atoms with van der Waals surface area (Å²) in [4.78, 5) is 22.6. The van der Waals surface area contributed by atoms with Crippen molar-refractivity contribution in [3.05, 3.63) is 41.7 Å². The lowest BCUT2D eigenvalue weighted by molar-refractivity contribution is -0.0247. The second kappa shape index (κ2) is 7.44. The molecule has 0 bridgehead atoms. The molecular weight excluding hydrogens is 308 g/mol. The largest absolute Gasteiger partial charge is 0.448 e. The highest BCUT2D eigenvalue weighted by atomic mass is 16.5. The molecule has 1 aliphatic rings. The van der Waals surface area contributed by atoms with Crippen LogP contribution in [0.5, 0.6) is 0 Å². The number of rotatable bonds is 5. The number of oxazole rings is 1. The lowest BCUT2D eigenvalue weighted by Crippen LogP contribution is -2.45. The maximum absolute atomic E-state index is 12.4. The molecule has 0 radical (unpaired) electrons. The Hall–Kier alpha value is -2.41. The average Bonchev–Trinajstić information content (AvgIpc) is 3.06. The zero-order chi connectivity index (χ0) is 16.9. The molecule has 0 aliphatic carbocycles. The molecule has 1 aliphatic heterocycles. The number of carbonyl (C=O) groups excluding carboxylic acids is 1. The van der Waals surface area contributed by atoms with E-state index in [4.69, 9.17) is 9.15 Å². The Labute approximate surface area is 141 Å². The van der Waals surface area contributed by atoms with Crippen molar-refractivity contribution in [3.63, 3.8) is 0 Å². The number of amides is 1. The number of ether oxygens (including phenoxy) is 1. The van der Waals surface area contributed by atoms with Gasteiger partial charge < -0.3 is 19.4 Å². The van der Waals surface area contributed by atoms with Crippen LogP contribution in [-0.2, 0) is 11.2 Å². The Morgan fingerprint density at radius 3 is 3.12 bits per heavy atom. The van der Waals surface area contributed by atoms with Crippen molar-refractivity contribution in [1.29, 1.82) is 0 Å².